The number of aryl methyl sites for hydroxylation is 1. The Morgan fingerprint density at radius 2 is 2.17 bits per heavy atom. The molecule has 0 saturated carbocycles. The van der Waals surface area contributed by atoms with Gasteiger partial charge in [0.15, 0.2) is 0 Å². The zero-order valence-electron chi connectivity index (χ0n) is 11.4. The van der Waals surface area contributed by atoms with Gasteiger partial charge in [0.2, 0.25) is 0 Å². The van der Waals surface area contributed by atoms with Crippen molar-refractivity contribution in [1.82, 2.24) is 14.9 Å². The molecule has 2 rings (SSSR count). The number of nitrogens with zero attached hydrogens (tertiary/aromatic N) is 2. The first-order valence-corrected chi connectivity index (χ1v) is 6.32. The molecule has 0 atom stereocenters. The fraction of sp³-hybridized carbons (Fsp3) is 0.500. The lowest BCUT2D eigenvalue weighted by Crippen LogP contribution is -2.35. The monoisotopic (exact) mass is 246 g/mol. The normalized spacial score (nSPS) is 12.2. The molecule has 0 spiro atoms. The van der Waals surface area contributed by atoms with E-state index in [9.17, 15) is 0 Å². The third kappa shape index (κ3) is 2.89. The molecular weight excluding hydrogens is 224 g/mol. The SMILES string of the molecule is Cn1cnc2cc(CNCC(C)(C)CN)ccc21. The summed E-state index contributed by atoms with van der Waals surface area (Å²) in [4.78, 5) is 4.37. The highest BCUT2D eigenvalue weighted by molar-refractivity contribution is 5.75. The third-order valence-electron chi connectivity index (χ3n) is 3.28. The van der Waals surface area contributed by atoms with Gasteiger partial charge >= 0.3 is 0 Å². The van der Waals surface area contributed by atoms with Crippen molar-refractivity contribution in [1.29, 1.82) is 0 Å². The minimum Gasteiger partial charge on any atom is -0.334 e. The molecule has 0 saturated heterocycles. The predicted molar refractivity (Wildman–Crippen MR) is 75.3 cm³/mol. The molecule has 18 heavy (non-hydrogen) atoms. The van der Waals surface area contributed by atoms with Crippen molar-refractivity contribution in [2.45, 2.75) is 20.4 Å². The Kier molecular flexibility index (Phi) is 3.68. The van der Waals surface area contributed by atoms with Crippen LogP contribution in [0.15, 0.2) is 24.5 Å². The van der Waals surface area contributed by atoms with Crippen molar-refractivity contribution in [2.75, 3.05) is 13.1 Å². The van der Waals surface area contributed by atoms with Gasteiger partial charge in [0.05, 0.1) is 17.4 Å². The van der Waals surface area contributed by atoms with Crippen molar-refractivity contribution >= 4 is 11.0 Å². The first-order chi connectivity index (χ1) is 8.52. The topological polar surface area (TPSA) is 55.9 Å². The van der Waals surface area contributed by atoms with Crippen LogP contribution in [0.5, 0.6) is 0 Å². The molecule has 2 aromatic rings. The number of nitrogens with two attached hydrogens (primary N) is 1. The first-order valence-electron chi connectivity index (χ1n) is 6.32. The smallest absolute Gasteiger partial charge is 0.0955 e. The Morgan fingerprint density at radius 3 is 2.89 bits per heavy atom. The summed E-state index contributed by atoms with van der Waals surface area (Å²) < 4.78 is 2.03. The van der Waals surface area contributed by atoms with Gasteiger partial charge in [-0.25, -0.2) is 4.98 Å². The third-order valence-corrected chi connectivity index (χ3v) is 3.28. The van der Waals surface area contributed by atoms with Gasteiger partial charge < -0.3 is 15.6 Å². The molecule has 0 amide bonds. The summed E-state index contributed by atoms with van der Waals surface area (Å²) in [7, 11) is 2.01. The number of hydrogen-bond acceptors (Lipinski definition) is 3. The molecule has 1 aromatic heterocycles. The summed E-state index contributed by atoms with van der Waals surface area (Å²) in [5, 5.41) is 3.45. The van der Waals surface area contributed by atoms with E-state index < -0.39 is 0 Å². The quantitative estimate of drug-likeness (QED) is 0.843. The Bertz CT molecular complexity index is 528. The Balaban J connectivity index is 2.00. The second-order valence-corrected chi connectivity index (χ2v) is 5.65. The first kappa shape index (κ1) is 13.1. The van der Waals surface area contributed by atoms with Gasteiger partial charge in [-0.1, -0.05) is 19.9 Å². The van der Waals surface area contributed by atoms with E-state index in [1.807, 2.05) is 17.9 Å². The molecule has 98 valence electrons. The number of hydrogen-bond donors (Lipinski definition) is 2. The predicted octanol–water partition coefficient (Wildman–Crippen LogP) is 1.65. The van der Waals surface area contributed by atoms with Gasteiger partial charge in [-0.05, 0) is 29.7 Å². The maximum absolute atomic E-state index is 5.71. The molecule has 0 aliphatic heterocycles. The molecule has 0 aliphatic carbocycles. The lowest BCUT2D eigenvalue weighted by atomic mass is 9.94. The van der Waals surface area contributed by atoms with Crippen LogP contribution < -0.4 is 11.1 Å². The summed E-state index contributed by atoms with van der Waals surface area (Å²) >= 11 is 0. The van der Waals surface area contributed by atoms with Gasteiger partial charge in [0.1, 0.15) is 0 Å². The van der Waals surface area contributed by atoms with E-state index in [0.29, 0.717) is 6.54 Å². The summed E-state index contributed by atoms with van der Waals surface area (Å²) in [6, 6.07) is 6.40. The number of imidazole rings is 1. The van der Waals surface area contributed by atoms with Crippen LogP contribution >= 0.6 is 0 Å². The van der Waals surface area contributed by atoms with E-state index in [-0.39, 0.29) is 5.41 Å². The summed E-state index contributed by atoms with van der Waals surface area (Å²) in [6.45, 7) is 6.81. The number of fused-ring (bicyclic) bond motifs is 1. The van der Waals surface area contributed by atoms with Crippen molar-refractivity contribution < 1.29 is 0 Å². The maximum Gasteiger partial charge on any atom is 0.0955 e. The molecule has 1 aromatic carbocycles. The van der Waals surface area contributed by atoms with Crippen LogP contribution in [0, 0.1) is 5.41 Å². The largest absolute Gasteiger partial charge is 0.334 e. The number of nitrogens with one attached hydrogen (secondary N) is 1. The highest BCUT2D eigenvalue weighted by Gasteiger charge is 2.14. The minimum absolute atomic E-state index is 0.148. The van der Waals surface area contributed by atoms with E-state index in [2.05, 4.69) is 42.3 Å². The molecule has 0 aliphatic rings. The zero-order valence-corrected chi connectivity index (χ0v) is 11.4. The summed E-state index contributed by atoms with van der Waals surface area (Å²) in [5.74, 6) is 0. The van der Waals surface area contributed by atoms with Crippen LogP contribution in [-0.2, 0) is 13.6 Å². The maximum atomic E-state index is 5.71. The number of benzene rings is 1. The molecule has 0 radical (unpaired) electrons. The van der Waals surface area contributed by atoms with Crippen LogP contribution in [0.4, 0.5) is 0 Å². The van der Waals surface area contributed by atoms with Crippen LogP contribution in [0.1, 0.15) is 19.4 Å². The minimum atomic E-state index is 0.148. The van der Waals surface area contributed by atoms with E-state index in [1.165, 1.54) is 11.1 Å². The zero-order chi connectivity index (χ0) is 13.2. The van der Waals surface area contributed by atoms with E-state index in [0.717, 1.165) is 18.6 Å². The second kappa shape index (κ2) is 5.08. The van der Waals surface area contributed by atoms with Crippen LogP contribution in [0.2, 0.25) is 0 Å². The van der Waals surface area contributed by atoms with Crippen molar-refractivity contribution in [3.8, 4) is 0 Å². The average Bonchev–Trinajstić information content (AvgIpc) is 2.71. The van der Waals surface area contributed by atoms with Crippen LogP contribution in [0.3, 0.4) is 0 Å². The molecule has 4 heteroatoms. The van der Waals surface area contributed by atoms with Gasteiger partial charge in [-0.2, -0.15) is 0 Å². The summed E-state index contributed by atoms with van der Waals surface area (Å²) in [5.41, 5.74) is 9.33. The molecule has 0 unspecified atom stereocenters. The highest BCUT2D eigenvalue weighted by atomic mass is 15.0. The molecule has 3 N–H and O–H groups in total. The number of rotatable bonds is 5. The van der Waals surface area contributed by atoms with Crippen molar-refractivity contribution in [2.24, 2.45) is 18.2 Å². The molecule has 0 fully saturated rings. The molecule has 0 bridgehead atoms. The Morgan fingerprint density at radius 1 is 1.39 bits per heavy atom. The van der Waals surface area contributed by atoms with Crippen molar-refractivity contribution in [3.05, 3.63) is 30.1 Å². The molecular formula is C14H22N4. The van der Waals surface area contributed by atoms with E-state index in [4.69, 9.17) is 5.73 Å². The van der Waals surface area contributed by atoms with Gasteiger partial charge in [-0.15, -0.1) is 0 Å². The Labute approximate surface area is 108 Å². The van der Waals surface area contributed by atoms with Crippen LogP contribution in [0.25, 0.3) is 11.0 Å². The molecule has 1 heterocycles. The highest BCUT2D eigenvalue weighted by Crippen LogP contribution is 2.14. The standard InChI is InChI=1S/C14H22N4/c1-14(2,8-15)9-16-7-11-4-5-13-12(6-11)17-10-18(13)3/h4-6,10,16H,7-9,15H2,1-3H3. The average molecular weight is 246 g/mol. The van der Waals surface area contributed by atoms with Crippen LogP contribution in [-0.4, -0.2) is 22.6 Å². The lowest BCUT2D eigenvalue weighted by molar-refractivity contribution is 0.351. The Hall–Kier alpha value is -1.39. The summed E-state index contributed by atoms with van der Waals surface area (Å²) in [6.07, 6.45) is 1.85. The number of aromatic nitrogens is 2. The molecule has 4 nitrogen and oxygen atoms in total. The fourth-order valence-electron chi connectivity index (χ4n) is 1.91. The lowest BCUT2D eigenvalue weighted by Gasteiger charge is -2.22. The van der Waals surface area contributed by atoms with Gasteiger partial charge in [0, 0.05) is 20.1 Å². The van der Waals surface area contributed by atoms with Crippen molar-refractivity contribution in [3.63, 3.8) is 0 Å². The van der Waals surface area contributed by atoms with Gasteiger partial charge in [-0.3, -0.25) is 0 Å². The van der Waals surface area contributed by atoms with E-state index in [1.54, 1.807) is 0 Å². The fourth-order valence-corrected chi connectivity index (χ4v) is 1.91. The van der Waals surface area contributed by atoms with Gasteiger partial charge in [0.25, 0.3) is 0 Å². The van der Waals surface area contributed by atoms with E-state index >= 15 is 0 Å². The second-order valence-electron chi connectivity index (χ2n) is 5.65.